The Balaban J connectivity index is 3.19. The highest BCUT2D eigenvalue weighted by Crippen LogP contribution is 2.34. The smallest absolute Gasteiger partial charge is 0.416 e. The average molecular weight is 331 g/mol. The maximum Gasteiger partial charge on any atom is 0.416 e. The van der Waals surface area contributed by atoms with E-state index >= 15 is 0 Å². The van der Waals surface area contributed by atoms with Crippen LogP contribution in [0.4, 0.5) is 18.0 Å². The van der Waals surface area contributed by atoms with Gasteiger partial charge in [0.25, 0.3) is 0 Å². The van der Waals surface area contributed by atoms with Crippen LogP contribution in [0.15, 0.2) is 18.2 Å². The summed E-state index contributed by atoms with van der Waals surface area (Å²) in [6, 6.07) is 3.49. The second kappa shape index (κ2) is 6.22. The third-order valence-corrected chi connectivity index (χ3v) is 3.14. The molecule has 1 rings (SSSR count). The maximum absolute atomic E-state index is 13.0. The van der Waals surface area contributed by atoms with E-state index in [-0.39, 0.29) is 11.1 Å². The molecule has 1 N–H and O–H groups in total. The first-order chi connectivity index (χ1) is 10.3. The summed E-state index contributed by atoms with van der Waals surface area (Å²) in [7, 11) is 0. The first-order valence-corrected chi connectivity index (χ1v) is 6.94. The Morgan fingerprint density at radius 2 is 1.74 bits per heavy atom. The number of alkyl halides is 3. The van der Waals surface area contributed by atoms with Crippen LogP contribution in [0.2, 0.25) is 0 Å². The molecule has 128 valence electrons. The summed E-state index contributed by atoms with van der Waals surface area (Å²) >= 11 is 0. The fourth-order valence-electron chi connectivity index (χ4n) is 1.94. The van der Waals surface area contributed by atoms with Gasteiger partial charge in [-0.15, -0.1) is 0 Å². The van der Waals surface area contributed by atoms with Crippen molar-refractivity contribution in [1.82, 2.24) is 5.32 Å². The second-order valence-corrected chi connectivity index (χ2v) is 6.47. The van der Waals surface area contributed by atoms with Crippen LogP contribution in [0.3, 0.4) is 0 Å². The Kier molecular flexibility index (Phi) is 5.13. The summed E-state index contributed by atoms with van der Waals surface area (Å²) in [5.41, 5.74) is -3.22. The number of carbonyl (C=O) groups excluding carboxylic acids is 2. The molecular formula is C16H20F3NO3. The number of carbonyl (C=O) groups is 2. The predicted octanol–water partition coefficient (Wildman–Crippen LogP) is 3.95. The van der Waals surface area contributed by atoms with Crippen LogP contribution in [0, 0.1) is 6.92 Å². The van der Waals surface area contributed by atoms with E-state index in [4.69, 9.17) is 4.74 Å². The Bertz CT molecular complexity index is 606. The van der Waals surface area contributed by atoms with Gasteiger partial charge in [-0.05, 0) is 51.8 Å². The number of halogens is 3. The molecule has 4 nitrogen and oxygen atoms in total. The number of ether oxygens (including phenoxy) is 1. The van der Waals surface area contributed by atoms with E-state index in [0.29, 0.717) is 6.29 Å². The number of rotatable bonds is 3. The molecule has 0 aliphatic rings. The van der Waals surface area contributed by atoms with Gasteiger partial charge < -0.3 is 14.8 Å². The van der Waals surface area contributed by atoms with Crippen LogP contribution in [0.1, 0.15) is 44.4 Å². The molecule has 1 aromatic rings. The number of hydrogen-bond donors (Lipinski definition) is 1. The average Bonchev–Trinajstić information content (AvgIpc) is 2.35. The van der Waals surface area contributed by atoms with E-state index in [9.17, 15) is 22.8 Å². The van der Waals surface area contributed by atoms with Crippen LogP contribution in [0.25, 0.3) is 0 Å². The van der Waals surface area contributed by atoms with Gasteiger partial charge in [0, 0.05) is 0 Å². The molecule has 0 saturated heterocycles. The molecule has 1 aromatic carbocycles. The molecule has 0 saturated carbocycles. The fraction of sp³-hybridized carbons (Fsp3) is 0.500. The van der Waals surface area contributed by atoms with Crippen LogP contribution in [-0.2, 0) is 21.2 Å². The molecule has 1 amide bonds. The van der Waals surface area contributed by atoms with Crippen molar-refractivity contribution in [3.05, 3.63) is 34.9 Å². The Morgan fingerprint density at radius 1 is 1.17 bits per heavy atom. The third-order valence-electron chi connectivity index (χ3n) is 3.14. The Labute approximate surface area is 133 Å². The summed E-state index contributed by atoms with van der Waals surface area (Å²) in [4.78, 5) is 23.3. The normalized spacial score (nSPS) is 14.8. The maximum atomic E-state index is 13.0. The van der Waals surface area contributed by atoms with Gasteiger partial charge in [0.1, 0.15) is 17.4 Å². The number of benzene rings is 1. The first kappa shape index (κ1) is 19.0. The number of alkyl carbamates (subject to hydrolysis) is 1. The molecule has 1 unspecified atom stereocenters. The van der Waals surface area contributed by atoms with Gasteiger partial charge in [0.2, 0.25) is 0 Å². The van der Waals surface area contributed by atoms with Gasteiger partial charge in [0.05, 0.1) is 5.56 Å². The zero-order chi connectivity index (χ0) is 18.1. The molecule has 0 aliphatic heterocycles. The molecule has 0 heterocycles. The molecule has 0 spiro atoms. The lowest BCUT2D eigenvalue weighted by atomic mass is 9.90. The number of amides is 1. The zero-order valence-corrected chi connectivity index (χ0v) is 13.7. The van der Waals surface area contributed by atoms with Crippen LogP contribution < -0.4 is 5.32 Å². The summed E-state index contributed by atoms with van der Waals surface area (Å²) in [5, 5.41) is 2.32. The monoisotopic (exact) mass is 331 g/mol. The van der Waals surface area contributed by atoms with Crippen molar-refractivity contribution in [2.45, 2.75) is 51.9 Å². The minimum Gasteiger partial charge on any atom is -0.444 e. The summed E-state index contributed by atoms with van der Waals surface area (Å²) in [5.74, 6) is 0. The van der Waals surface area contributed by atoms with Crippen LogP contribution in [0.5, 0.6) is 0 Å². The largest absolute Gasteiger partial charge is 0.444 e. The number of nitrogens with one attached hydrogen (secondary N) is 1. The molecule has 23 heavy (non-hydrogen) atoms. The van der Waals surface area contributed by atoms with Gasteiger partial charge in [-0.2, -0.15) is 13.2 Å². The summed E-state index contributed by atoms with van der Waals surface area (Å²) in [6.45, 7) is 7.55. The molecule has 0 bridgehead atoms. The second-order valence-electron chi connectivity index (χ2n) is 6.47. The van der Waals surface area contributed by atoms with Crippen LogP contribution >= 0.6 is 0 Å². The van der Waals surface area contributed by atoms with Crippen molar-refractivity contribution in [2.75, 3.05) is 0 Å². The quantitative estimate of drug-likeness (QED) is 0.853. The molecule has 0 aliphatic carbocycles. The zero-order valence-electron chi connectivity index (χ0n) is 13.7. The van der Waals surface area contributed by atoms with Gasteiger partial charge >= 0.3 is 12.3 Å². The number of aryl methyl sites for hydroxylation is 1. The molecule has 0 radical (unpaired) electrons. The van der Waals surface area contributed by atoms with Crippen molar-refractivity contribution in [3.63, 3.8) is 0 Å². The Hall–Kier alpha value is -2.05. The third kappa shape index (κ3) is 4.97. The standard InChI is InChI=1S/C16H20F3NO3/c1-10-6-7-11(8-12(10)16(17,18)19)15(5,9-21)20-13(22)23-14(2,3)4/h6-9H,1-5H3,(H,20,22). The van der Waals surface area contributed by atoms with Gasteiger partial charge in [-0.1, -0.05) is 12.1 Å². The SMILES string of the molecule is Cc1ccc(C(C)(C=O)NC(=O)OC(C)(C)C)cc1C(F)(F)F. The topological polar surface area (TPSA) is 55.4 Å². The summed E-state index contributed by atoms with van der Waals surface area (Å²) in [6.07, 6.45) is -5.06. The van der Waals surface area contributed by atoms with Crippen molar-refractivity contribution < 1.29 is 27.5 Å². The van der Waals surface area contributed by atoms with E-state index in [1.165, 1.54) is 26.0 Å². The highest BCUT2D eigenvalue weighted by atomic mass is 19.4. The lowest BCUT2D eigenvalue weighted by Crippen LogP contribution is -2.47. The molecular weight excluding hydrogens is 311 g/mol. The van der Waals surface area contributed by atoms with Crippen LogP contribution in [-0.4, -0.2) is 18.0 Å². The van der Waals surface area contributed by atoms with Crippen molar-refractivity contribution in [2.24, 2.45) is 0 Å². The lowest BCUT2D eigenvalue weighted by molar-refractivity contribution is -0.138. The van der Waals surface area contributed by atoms with Gasteiger partial charge in [-0.3, -0.25) is 0 Å². The summed E-state index contributed by atoms with van der Waals surface area (Å²) < 4.78 is 44.1. The number of aldehydes is 1. The number of hydrogen-bond acceptors (Lipinski definition) is 3. The first-order valence-electron chi connectivity index (χ1n) is 6.94. The molecule has 1 atom stereocenters. The van der Waals surface area contributed by atoms with E-state index in [0.717, 1.165) is 6.07 Å². The van der Waals surface area contributed by atoms with E-state index < -0.39 is 29.0 Å². The molecule has 7 heteroatoms. The molecule has 0 aromatic heterocycles. The highest BCUT2D eigenvalue weighted by molar-refractivity contribution is 5.78. The van der Waals surface area contributed by atoms with Gasteiger partial charge in [0.15, 0.2) is 0 Å². The highest BCUT2D eigenvalue weighted by Gasteiger charge is 2.36. The minimum atomic E-state index is -4.55. The van der Waals surface area contributed by atoms with Crippen molar-refractivity contribution >= 4 is 12.4 Å². The minimum absolute atomic E-state index is 0.0243. The Morgan fingerprint density at radius 3 is 2.17 bits per heavy atom. The van der Waals surface area contributed by atoms with E-state index in [2.05, 4.69) is 5.32 Å². The lowest BCUT2D eigenvalue weighted by Gasteiger charge is -2.28. The van der Waals surface area contributed by atoms with E-state index in [1.807, 2.05) is 0 Å². The van der Waals surface area contributed by atoms with Gasteiger partial charge in [-0.25, -0.2) is 4.79 Å². The fourth-order valence-corrected chi connectivity index (χ4v) is 1.94. The van der Waals surface area contributed by atoms with E-state index in [1.54, 1.807) is 20.8 Å². The van der Waals surface area contributed by atoms with Crippen molar-refractivity contribution in [1.29, 1.82) is 0 Å². The molecule has 0 fully saturated rings. The predicted molar refractivity (Wildman–Crippen MR) is 79.0 cm³/mol. The van der Waals surface area contributed by atoms with Crippen molar-refractivity contribution in [3.8, 4) is 0 Å².